The summed E-state index contributed by atoms with van der Waals surface area (Å²) in [5.74, 6) is 0.994. The summed E-state index contributed by atoms with van der Waals surface area (Å²) in [4.78, 5) is 2.70. The van der Waals surface area contributed by atoms with Crippen molar-refractivity contribution in [1.82, 2.24) is 10.2 Å². The molecule has 2 nitrogen and oxygen atoms in total. The fraction of sp³-hybridized carbons (Fsp3) is 1.00. The van der Waals surface area contributed by atoms with Crippen molar-refractivity contribution in [3.8, 4) is 0 Å². The van der Waals surface area contributed by atoms with E-state index >= 15 is 0 Å². The number of nitrogens with zero attached hydrogens (tertiary/aromatic N) is 1. The molecule has 2 aliphatic rings. The molecule has 0 radical (unpaired) electrons. The average Bonchev–Trinajstić information content (AvgIpc) is 2.59. The normalized spacial score (nSPS) is 28.9. The molecule has 0 amide bonds. The minimum Gasteiger partial charge on any atom is -0.315 e. The summed E-state index contributed by atoms with van der Waals surface area (Å²) >= 11 is 0. The van der Waals surface area contributed by atoms with Gasteiger partial charge in [0, 0.05) is 19.1 Å². The third-order valence-corrected chi connectivity index (χ3v) is 4.03. The molecule has 2 fully saturated rings. The second-order valence-corrected chi connectivity index (χ2v) is 4.92. The van der Waals surface area contributed by atoms with E-state index in [1.165, 1.54) is 58.3 Å². The highest BCUT2D eigenvalue weighted by atomic mass is 15.2. The van der Waals surface area contributed by atoms with Crippen LogP contribution in [0, 0.1) is 5.92 Å². The Morgan fingerprint density at radius 3 is 2.64 bits per heavy atom. The quantitative estimate of drug-likeness (QED) is 0.725. The van der Waals surface area contributed by atoms with Crippen molar-refractivity contribution >= 4 is 0 Å². The van der Waals surface area contributed by atoms with Gasteiger partial charge in [0.1, 0.15) is 0 Å². The van der Waals surface area contributed by atoms with Gasteiger partial charge in [0.25, 0.3) is 0 Å². The maximum absolute atomic E-state index is 3.48. The maximum atomic E-state index is 3.48. The first-order valence-electron chi connectivity index (χ1n) is 6.32. The molecular weight excluding hydrogens is 172 g/mol. The van der Waals surface area contributed by atoms with E-state index in [1.54, 1.807) is 0 Å². The van der Waals surface area contributed by atoms with Crippen LogP contribution in [-0.2, 0) is 0 Å². The van der Waals surface area contributed by atoms with Crippen LogP contribution < -0.4 is 5.32 Å². The Morgan fingerprint density at radius 2 is 1.86 bits per heavy atom. The van der Waals surface area contributed by atoms with Gasteiger partial charge in [-0.25, -0.2) is 0 Å². The number of nitrogens with one attached hydrogen (secondary N) is 1. The van der Waals surface area contributed by atoms with E-state index in [4.69, 9.17) is 0 Å². The Labute approximate surface area is 88.1 Å². The van der Waals surface area contributed by atoms with E-state index in [0.717, 1.165) is 12.0 Å². The van der Waals surface area contributed by atoms with E-state index in [-0.39, 0.29) is 0 Å². The molecule has 82 valence electrons. The standard InChI is InChI=1S/C12H24N2/c1-11(12-5-2-3-6-12)14-9-4-7-13-8-10-14/h11-13H,2-10H2,1H3. The van der Waals surface area contributed by atoms with E-state index in [1.807, 2.05) is 0 Å². The highest BCUT2D eigenvalue weighted by molar-refractivity contribution is 4.81. The third kappa shape index (κ3) is 2.48. The van der Waals surface area contributed by atoms with Gasteiger partial charge in [-0.05, 0) is 45.2 Å². The van der Waals surface area contributed by atoms with E-state index in [9.17, 15) is 0 Å². The highest BCUT2D eigenvalue weighted by Crippen LogP contribution is 2.30. The van der Waals surface area contributed by atoms with Gasteiger partial charge in [-0.3, -0.25) is 4.90 Å². The largest absolute Gasteiger partial charge is 0.315 e. The fourth-order valence-electron chi connectivity index (χ4n) is 3.01. The summed E-state index contributed by atoms with van der Waals surface area (Å²) in [7, 11) is 0. The molecule has 0 spiro atoms. The van der Waals surface area contributed by atoms with Crippen molar-refractivity contribution in [3.63, 3.8) is 0 Å². The zero-order chi connectivity index (χ0) is 9.80. The lowest BCUT2D eigenvalue weighted by molar-refractivity contribution is 0.165. The van der Waals surface area contributed by atoms with Crippen LogP contribution in [0.5, 0.6) is 0 Å². The lowest BCUT2D eigenvalue weighted by atomic mass is 9.98. The molecule has 0 aromatic heterocycles. The zero-order valence-corrected chi connectivity index (χ0v) is 9.47. The first kappa shape index (κ1) is 10.4. The summed E-state index contributed by atoms with van der Waals surface area (Å²) in [6.45, 7) is 7.43. The van der Waals surface area contributed by atoms with Crippen molar-refractivity contribution in [2.75, 3.05) is 26.2 Å². The predicted molar refractivity (Wildman–Crippen MR) is 60.5 cm³/mol. The van der Waals surface area contributed by atoms with E-state index in [0.29, 0.717) is 0 Å². The maximum Gasteiger partial charge on any atom is 0.0110 e. The fourth-order valence-corrected chi connectivity index (χ4v) is 3.01. The molecule has 2 rings (SSSR count). The van der Waals surface area contributed by atoms with Gasteiger partial charge in [0.15, 0.2) is 0 Å². The van der Waals surface area contributed by atoms with Gasteiger partial charge in [0.2, 0.25) is 0 Å². The lowest BCUT2D eigenvalue weighted by Crippen LogP contribution is -2.39. The minimum absolute atomic E-state index is 0.831. The minimum atomic E-state index is 0.831. The van der Waals surface area contributed by atoms with Crippen LogP contribution in [-0.4, -0.2) is 37.1 Å². The van der Waals surface area contributed by atoms with Crippen molar-refractivity contribution in [3.05, 3.63) is 0 Å². The Kier molecular flexibility index (Phi) is 3.82. The van der Waals surface area contributed by atoms with Crippen LogP contribution in [0.25, 0.3) is 0 Å². The molecule has 1 heterocycles. The summed E-state index contributed by atoms with van der Waals surface area (Å²) in [6.07, 6.45) is 7.23. The SMILES string of the molecule is CC(C1CCCC1)N1CCCNCC1. The predicted octanol–water partition coefficient (Wildman–Crippen LogP) is 1.86. The van der Waals surface area contributed by atoms with Crippen LogP contribution in [0.1, 0.15) is 39.0 Å². The Balaban J connectivity index is 1.84. The summed E-state index contributed by atoms with van der Waals surface area (Å²) in [6, 6.07) is 0.831. The van der Waals surface area contributed by atoms with Crippen LogP contribution in [0.2, 0.25) is 0 Å². The van der Waals surface area contributed by atoms with Crippen LogP contribution in [0.4, 0.5) is 0 Å². The van der Waals surface area contributed by atoms with Crippen molar-refractivity contribution in [1.29, 1.82) is 0 Å². The molecule has 1 saturated heterocycles. The first-order valence-corrected chi connectivity index (χ1v) is 6.32. The average molecular weight is 196 g/mol. The van der Waals surface area contributed by atoms with Crippen LogP contribution in [0.15, 0.2) is 0 Å². The summed E-state index contributed by atoms with van der Waals surface area (Å²) in [5, 5.41) is 3.48. The molecule has 1 aliphatic carbocycles. The van der Waals surface area contributed by atoms with Gasteiger partial charge in [0.05, 0.1) is 0 Å². The Morgan fingerprint density at radius 1 is 1.07 bits per heavy atom. The van der Waals surface area contributed by atoms with Crippen molar-refractivity contribution in [2.45, 2.75) is 45.1 Å². The molecule has 0 aromatic rings. The van der Waals surface area contributed by atoms with Gasteiger partial charge in [-0.15, -0.1) is 0 Å². The molecule has 1 saturated carbocycles. The number of rotatable bonds is 2. The third-order valence-electron chi connectivity index (χ3n) is 4.03. The van der Waals surface area contributed by atoms with Crippen molar-refractivity contribution in [2.24, 2.45) is 5.92 Å². The molecule has 14 heavy (non-hydrogen) atoms. The van der Waals surface area contributed by atoms with Crippen molar-refractivity contribution < 1.29 is 0 Å². The molecule has 0 bridgehead atoms. The van der Waals surface area contributed by atoms with Crippen LogP contribution >= 0.6 is 0 Å². The summed E-state index contributed by atoms with van der Waals surface area (Å²) in [5.41, 5.74) is 0. The second kappa shape index (κ2) is 5.13. The van der Waals surface area contributed by atoms with E-state index < -0.39 is 0 Å². The van der Waals surface area contributed by atoms with Gasteiger partial charge in [-0.2, -0.15) is 0 Å². The first-order chi connectivity index (χ1) is 6.88. The summed E-state index contributed by atoms with van der Waals surface area (Å²) < 4.78 is 0. The molecule has 1 atom stereocenters. The monoisotopic (exact) mass is 196 g/mol. The lowest BCUT2D eigenvalue weighted by Gasteiger charge is -2.31. The van der Waals surface area contributed by atoms with Gasteiger partial charge in [-0.1, -0.05) is 12.8 Å². The molecule has 1 N–H and O–H groups in total. The molecule has 1 aliphatic heterocycles. The van der Waals surface area contributed by atoms with Gasteiger partial charge >= 0.3 is 0 Å². The molecular formula is C12H24N2. The second-order valence-electron chi connectivity index (χ2n) is 4.92. The van der Waals surface area contributed by atoms with Gasteiger partial charge < -0.3 is 5.32 Å². The zero-order valence-electron chi connectivity index (χ0n) is 9.47. The van der Waals surface area contributed by atoms with E-state index in [2.05, 4.69) is 17.1 Å². The topological polar surface area (TPSA) is 15.3 Å². The highest BCUT2D eigenvalue weighted by Gasteiger charge is 2.26. The molecule has 1 unspecified atom stereocenters. The molecule has 2 heteroatoms. The smallest absolute Gasteiger partial charge is 0.0110 e. The number of hydrogen-bond donors (Lipinski definition) is 1. The van der Waals surface area contributed by atoms with Crippen LogP contribution in [0.3, 0.4) is 0 Å². The number of hydrogen-bond acceptors (Lipinski definition) is 2. The molecule has 0 aromatic carbocycles. The Hall–Kier alpha value is -0.0800. The Bertz CT molecular complexity index is 156.